The van der Waals surface area contributed by atoms with E-state index in [1.807, 2.05) is 47.8 Å². The van der Waals surface area contributed by atoms with Gasteiger partial charge in [-0.15, -0.1) is 23.5 Å². The molecule has 0 saturated carbocycles. The van der Waals surface area contributed by atoms with Crippen LogP contribution < -0.4 is 19.6 Å². The first-order chi connectivity index (χ1) is 17.1. The molecule has 1 fully saturated rings. The number of hydrogen-bond acceptors (Lipinski definition) is 7. The van der Waals surface area contributed by atoms with E-state index < -0.39 is 0 Å². The molecule has 0 unspecified atom stereocenters. The van der Waals surface area contributed by atoms with Gasteiger partial charge in [0.15, 0.2) is 18.1 Å². The van der Waals surface area contributed by atoms with Crippen molar-refractivity contribution in [1.82, 2.24) is 5.43 Å². The molecule has 6 nitrogen and oxygen atoms in total. The van der Waals surface area contributed by atoms with Crippen molar-refractivity contribution in [3.8, 4) is 17.2 Å². The Morgan fingerprint density at radius 1 is 1.03 bits per heavy atom. The second kappa shape index (κ2) is 12.5. The molecule has 0 atom stereocenters. The maximum absolute atomic E-state index is 13.0. The molecule has 1 aliphatic heterocycles. The molecule has 1 saturated heterocycles. The molecule has 35 heavy (non-hydrogen) atoms. The highest BCUT2D eigenvalue weighted by Crippen LogP contribution is 2.45. The molecule has 0 aromatic heterocycles. The zero-order valence-electron chi connectivity index (χ0n) is 19.1. The molecule has 1 aliphatic rings. The van der Waals surface area contributed by atoms with Gasteiger partial charge in [0.1, 0.15) is 18.2 Å². The van der Waals surface area contributed by atoms with E-state index in [9.17, 15) is 9.18 Å². The summed E-state index contributed by atoms with van der Waals surface area (Å²) >= 11 is 3.89. The number of halogens is 1. The van der Waals surface area contributed by atoms with Crippen molar-refractivity contribution in [2.45, 2.75) is 11.2 Å². The van der Waals surface area contributed by atoms with Crippen LogP contribution in [0.25, 0.3) is 0 Å². The van der Waals surface area contributed by atoms with Crippen LogP contribution in [0.5, 0.6) is 17.2 Å². The van der Waals surface area contributed by atoms with Gasteiger partial charge in [-0.25, -0.2) is 9.82 Å². The maximum Gasteiger partial charge on any atom is 0.277 e. The van der Waals surface area contributed by atoms with E-state index in [1.165, 1.54) is 42.5 Å². The maximum atomic E-state index is 13.0. The predicted octanol–water partition coefficient (Wildman–Crippen LogP) is 5.42. The van der Waals surface area contributed by atoms with E-state index in [4.69, 9.17) is 14.2 Å². The van der Waals surface area contributed by atoms with Crippen LogP contribution in [0, 0.1) is 5.82 Å². The van der Waals surface area contributed by atoms with Crippen LogP contribution >= 0.6 is 23.5 Å². The number of amides is 1. The first kappa shape index (κ1) is 24.9. The summed E-state index contributed by atoms with van der Waals surface area (Å²) in [6.45, 7) is 0.143. The fourth-order valence-corrected chi connectivity index (χ4v) is 6.12. The minimum atomic E-state index is -0.363. The number of hydrazone groups is 1. The molecule has 182 valence electrons. The Hall–Kier alpha value is -3.17. The van der Waals surface area contributed by atoms with Gasteiger partial charge in [-0.1, -0.05) is 24.3 Å². The Balaban J connectivity index is 1.24. The molecule has 1 amide bonds. The quantitative estimate of drug-likeness (QED) is 0.289. The highest BCUT2D eigenvalue weighted by molar-refractivity contribution is 8.19. The number of benzene rings is 3. The number of rotatable bonds is 10. The number of hydrogen-bond donors (Lipinski definition) is 1. The van der Waals surface area contributed by atoms with Crippen LogP contribution in [-0.4, -0.2) is 37.3 Å². The van der Waals surface area contributed by atoms with Crippen molar-refractivity contribution in [2.24, 2.45) is 5.10 Å². The number of carbonyl (C=O) groups excluding carboxylic acids is 1. The highest BCUT2D eigenvalue weighted by Gasteiger charge is 2.18. The van der Waals surface area contributed by atoms with Crippen LogP contribution in [0.4, 0.5) is 4.39 Å². The Kier molecular flexibility index (Phi) is 8.91. The minimum absolute atomic E-state index is 0.136. The van der Waals surface area contributed by atoms with Gasteiger partial charge in [-0.05, 0) is 59.2 Å². The van der Waals surface area contributed by atoms with Gasteiger partial charge in [0.05, 0.1) is 17.9 Å². The summed E-state index contributed by atoms with van der Waals surface area (Å²) in [7, 11) is 1.54. The number of thioether (sulfide) groups is 2. The topological polar surface area (TPSA) is 69.2 Å². The molecule has 0 aliphatic carbocycles. The third kappa shape index (κ3) is 7.40. The zero-order valence-corrected chi connectivity index (χ0v) is 20.7. The molecule has 0 radical (unpaired) electrons. The van der Waals surface area contributed by atoms with Gasteiger partial charge >= 0.3 is 0 Å². The summed E-state index contributed by atoms with van der Waals surface area (Å²) in [4.78, 5) is 12.1. The normalized spacial score (nSPS) is 13.7. The molecular formula is C26H25FN2O4S2. The van der Waals surface area contributed by atoms with Crippen molar-refractivity contribution in [3.63, 3.8) is 0 Å². The van der Waals surface area contributed by atoms with Crippen molar-refractivity contribution in [1.29, 1.82) is 0 Å². The zero-order chi connectivity index (χ0) is 24.5. The first-order valence-corrected chi connectivity index (χ1v) is 13.0. The summed E-state index contributed by atoms with van der Waals surface area (Å²) in [5.41, 5.74) is 5.28. The van der Waals surface area contributed by atoms with E-state index in [-0.39, 0.29) is 24.9 Å². The number of ether oxygens (including phenoxy) is 3. The second-order valence-corrected chi connectivity index (χ2v) is 10.3. The molecule has 1 heterocycles. The predicted molar refractivity (Wildman–Crippen MR) is 139 cm³/mol. The molecule has 1 N–H and O–H groups in total. The van der Waals surface area contributed by atoms with E-state index >= 15 is 0 Å². The summed E-state index contributed by atoms with van der Waals surface area (Å²) in [6, 6.07) is 19.3. The van der Waals surface area contributed by atoms with Gasteiger partial charge < -0.3 is 14.2 Å². The van der Waals surface area contributed by atoms with Gasteiger partial charge in [0.25, 0.3) is 5.91 Å². The fourth-order valence-electron chi connectivity index (χ4n) is 3.26. The van der Waals surface area contributed by atoms with Gasteiger partial charge in [-0.2, -0.15) is 5.10 Å². The van der Waals surface area contributed by atoms with Gasteiger partial charge in [0, 0.05) is 11.5 Å². The average molecular weight is 513 g/mol. The molecule has 3 aromatic rings. The third-order valence-electron chi connectivity index (χ3n) is 5.04. The summed E-state index contributed by atoms with van der Waals surface area (Å²) in [5, 5.41) is 3.99. The molecule has 4 rings (SSSR count). The Labute approximate surface area is 212 Å². The van der Waals surface area contributed by atoms with Crippen LogP contribution in [0.1, 0.15) is 21.3 Å². The van der Waals surface area contributed by atoms with E-state index in [2.05, 4.69) is 10.5 Å². The molecular weight excluding hydrogens is 487 g/mol. The SMILES string of the molecule is COc1cc(/C=N\NC(=O)COc2ccc(C3SCCS3)cc2)ccc1OCc1ccc(F)cc1. The average Bonchev–Trinajstić information content (AvgIpc) is 3.43. The summed E-state index contributed by atoms with van der Waals surface area (Å²) in [6.07, 6.45) is 1.51. The lowest BCUT2D eigenvalue weighted by atomic mass is 10.2. The Bertz CT molecular complexity index is 1150. The van der Waals surface area contributed by atoms with Gasteiger partial charge in [0.2, 0.25) is 0 Å². The van der Waals surface area contributed by atoms with Crippen LogP contribution in [0.15, 0.2) is 71.8 Å². The largest absolute Gasteiger partial charge is 0.493 e. The number of nitrogens with zero attached hydrogens (tertiary/aromatic N) is 1. The minimum Gasteiger partial charge on any atom is -0.493 e. The molecule has 9 heteroatoms. The smallest absolute Gasteiger partial charge is 0.277 e. The molecule has 3 aromatic carbocycles. The highest BCUT2D eigenvalue weighted by atomic mass is 32.2. The fraction of sp³-hybridized carbons (Fsp3) is 0.231. The van der Waals surface area contributed by atoms with Crippen molar-refractivity contribution in [2.75, 3.05) is 25.2 Å². The standard InChI is InChI=1S/C26H25FN2O4S2/c1-31-24-14-19(4-11-23(24)33-16-18-2-7-21(27)8-3-18)15-28-29-25(30)17-32-22-9-5-20(6-10-22)26-34-12-13-35-26/h2-11,14-15,26H,12-13,16-17H2,1H3,(H,29,30)/b28-15-. The second-order valence-electron chi connectivity index (χ2n) is 7.55. The first-order valence-electron chi connectivity index (χ1n) is 10.9. The van der Waals surface area contributed by atoms with E-state index in [1.54, 1.807) is 30.3 Å². The van der Waals surface area contributed by atoms with Crippen LogP contribution in [0.3, 0.4) is 0 Å². The summed E-state index contributed by atoms with van der Waals surface area (Å²) in [5.74, 6) is 3.40. The van der Waals surface area contributed by atoms with Crippen molar-refractivity contribution >= 4 is 35.6 Å². The van der Waals surface area contributed by atoms with Crippen LogP contribution in [-0.2, 0) is 11.4 Å². The lowest BCUT2D eigenvalue weighted by Gasteiger charge is -2.11. The van der Waals surface area contributed by atoms with Gasteiger partial charge in [-0.3, -0.25) is 4.79 Å². The number of carbonyl (C=O) groups is 1. The molecule has 0 bridgehead atoms. The Morgan fingerprint density at radius 2 is 1.77 bits per heavy atom. The van der Waals surface area contributed by atoms with Crippen LogP contribution in [0.2, 0.25) is 0 Å². The number of nitrogens with one attached hydrogen (secondary N) is 1. The lowest BCUT2D eigenvalue weighted by molar-refractivity contribution is -0.123. The Morgan fingerprint density at radius 3 is 2.49 bits per heavy atom. The van der Waals surface area contributed by atoms with Crippen molar-refractivity contribution < 1.29 is 23.4 Å². The molecule has 0 spiro atoms. The number of methoxy groups -OCH3 is 1. The monoisotopic (exact) mass is 512 g/mol. The summed E-state index contributed by atoms with van der Waals surface area (Å²) < 4.78 is 30.2. The van der Waals surface area contributed by atoms with Crippen molar-refractivity contribution in [3.05, 3.63) is 89.2 Å². The lowest BCUT2D eigenvalue weighted by Crippen LogP contribution is -2.24. The van der Waals surface area contributed by atoms with E-state index in [0.29, 0.717) is 21.8 Å². The third-order valence-corrected chi connectivity index (χ3v) is 8.15. The van der Waals surface area contributed by atoms with E-state index in [0.717, 1.165) is 11.1 Å².